The number of aliphatic imine (C=N–C) groups is 1. The Labute approximate surface area is 167 Å². The fourth-order valence-electron chi connectivity index (χ4n) is 3.32. The zero-order valence-corrected chi connectivity index (χ0v) is 16.6. The lowest BCUT2D eigenvalue weighted by atomic mass is 9.88. The van der Waals surface area contributed by atoms with Gasteiger partial charge in [0.15, 0.2) is 5.96 Å². The summed E-state index contributed by atoms with van der Waals surface area (Å²) in [5.41, 5.74) is 4.70. The molecule has 4 nitrogen and oxygen atoms in total. The van der Waals surface area contributed by atoms with Crippen LogP contribution < -0.4 is 10.6 Å². The van der Waals surface area contributed by atoms with Gasteiger partial charge < -0.3 is 10.6 Å². The van der Waals surface area contributed by atoms with Crippen LogP contribution in [0.3, 0.4) is 0 Å². The fourth-order valence-corrected chi connectivity index (χ4v) is 3.32. The molecule has 1 aromatic heterocycles. The molecule has 0 unspecified atom stereocenters. The molecule has 0 spiro atoms. The number of benzene rings is 2. The highest BCUT2D eigenvalue weighted by Crippen LogP contribution is 2.27. The lowest BCUT2D eigenvalue weighted by Gasteiger charge is -2.19. The van der Waals surface area contributed by atoms with E-state index in [4.69, 9.17) is 0 Å². The van der Waals surface area contributed by atoms with E-state index in [0.717, 1.165) is 30.3 Å². The lowest BCUT2D eigenvalue weighted by molar-refractivity contribution is 0.677. The van der Waals surface area contributed by atoms with Gasteiger partial charge in [0.1, 0.15) is 0 Å². The highest BCUT2D eigenvalue weighted by Gasteiger charge is 2.13. The van der Waals surface area contributed by atoms with Gasteiger partial charge in [0.05, 0.1) is 12.2 Å². The van der Waals surface area contributed by atoms with Crippen LogP contribution in [-0.4, -0.2) is 24.5 Å². The molecular formula is C24H28N4. The predicted octanol–water partition coefficient (Wildman–Crippen LogP) is 4.28. The Bertz CT molecular complexity index is 836. The van der Waals surface area contributed by atoms with E-state index in [1.165, 1.54) is 11.1 Å². The molecule has 0 aliphatic carbocycles. The van der Waals surface area contributed by atoms with Gasteiger partial charge in [-0.05, 0) is 36.6 Å². The molecule has 0 atom stereocenters. The maximum absolute atomic E-state index is 4.52. The molecule has 1 heterocycles. The third-order valence-corrected chi connectivity index (χ3v) is 4.74. The normalized spacial score (nSPS) is 11.5. The topological polar surface area (TPSA) is 49.3 Å². The van der Waals surface area contributed by atoms with Crippen LogP contribution in [0.5, 0.6) is 0 Å². The minimum Gasteiger partial charge on any atom is -0.356 e. The van der Waals surface area contributed by atoms with Gasteiger partial charge in [-0.3, -0.25) is 9.98 Å². The van der Waals surface area contributed by atoms with E-state index in [1.54, 1.807) is 7.05 Å². The summed E-state index contributed by atoms with van der Waals surface area (Å²) in [5, 5.41) is 6.78. The molecule has 144 valence electrons. The highest BCUT2D eigenvalue weighted by atomic mass is 15.2. The number of aromatic nitrogens is 1. The van der Waals surface area contributed by atoms with Crippen LogP contribution in [0.4, 0.5) is 0 Å². The molecule has 0 aliphatic rings. The predicted molar refractivity (Wildman–Crippen MR) is 117 cm³/mol. The maximum Gasteiger partial charge on any atom is 0.191 e. The van der Waals surface area contributed by atoms with Crippen LogP contribution >= 0.6 is 0 Å². The quantitative estimate of drug-likeness (QED) is 0.481. The number of guanidine groups is 1. The van der Waals surface area contributed by atoms with Crippen molar-refractivity contribution in [1.82, 2.24) is 15.6 Å². The SMILES string of the molecule is CN=C(NCCC(c1ccccc1)c1ccccc1)NCc1cccc(C)n1. The van der Waals surface area contributed by atoms with E-state index in [2.05, 4.69) is 81.3 Å². The molecule has 3 aromatic rings. The standard InChI is InChI=1S/C24H28N4/c1-19-10-9-15-22(28-19)18-27-24(25-2)26-17-16-23(20-11-5-3-6-12-20)21-13-7-4-8-14-21/h3-15,23H,16-18H2,1-2H3,(H2,25,26,27). The average Bonchev–Trinajstić information content (AvgIpc) is 2.74. The summed E-state index contributed by atoms with van der Waals surface area (Å²) < 4.78 is 0. The van der Waals surface area contributed by atoms with E-state index < -0.39 is 0 Å². The van der Waals surface area contributed by atoms with Crippen LogP contribution in [0.15, 0.2) is 83.9 Å². The first kappa shape index (κ1) is 19.6. The van der Waals surface area contributed by atoms with Crippen molar-refractivity contribution in [3.05, 3.63) is 101 Å². The van der Waals surface area contributed by atoms with Gasteiger partial charge in [-0.1, -0.05) is 66.7 Å². The Morgan fingerprint density at radius 2 is 1.50 bits per heavy atom. The van der Waals surface area contributed by atoms with E-state index >= 15 is 0 Å². The lowest BCUT2D eigenvalue weighted by Crippen LogP contribution is -2.37. The van der Waals surface area contributed by atoms with E-state index in [1.807, 2.05) is 25.1 Å². The van der Waals surface area contributed by atoms with Crippen molar-refractivity contribution in [2.45, 2.75) is 25.8 Å². The van der Waals surface area contributed by atoms with Crippen molar-refractivity contribution in [2.75, 3.05) is 13.6 Å². The van der Waals surface area contributed by atoms with Crippen LogP contribution in [0, 0.1) is 6.92 Å². The molecule has 0 bridgehead atoms. The highest BCUT2D eigenvalue weighted by molar-refractivity contribution is 5.79. The molecule has 4 heteroatoms. The largest absolute Gasteiger partial charge is 0.356 e. The smallest absolute Gasteiger partial charge is 0.191 e. The molecule has 28 heavy (non-hydrogen) atoms. The van der Waals surface area contributed by atoms with Crippen LogP contribution in [0.1, 0.15) is 34.9 Å². The summed E-state index contributed by atoms with van der Waals surface area (Å²) in [5.74, 6) is 1.15. The van der Waals surface area contributed by atoms with Gasteiger partial charge in [0.25, 0.3) is 0 Å². The summed E-state index contributed by atoms with van der Waals surface area (Å²) >= 11 is 0. The van der Waals surface area contributed by atoms with E-state index in [9.17, 15) is 0 Å². The fraction of sp³-hybridized carbons (Fsp3) is 0.250. The molecule has 0 saturated heterocycles. The number of pyridine rings is 1. The summed E-state index contributed by atoms with van der Waals surface area (Å²) in [7, 11) is 1.80. The van der Waals surface area contributed by atoms with Crippen LogP contribution in [-0.2, 0) is 6.54 Å². The summed E-state index contributed by atoms with van der Waals surface area (Å²) in [6, 6.07) is 27.4. The van der Waals surface area contributed by atoms with E-state index in [0.29, 0.717) is 12.5 Å². The first-order chi connectivity index (χ1) is 13.8. The van der Waals surface area contributed by atoms with Gasteiger partial charge in [-0.2, -0.15) is 0 Å². The van der Waals surface area contributed by atoms with Crippen molar-refractivity contribution in [1.29, 1.82) is 0 Å². The van der Waals surface area contributed by atoms with Crippen molar-refractivity contribution in [2.24, 2.45) is 4.99 Å². The molecule has 0 amide bonds. The van der Waals surface area contributed by atoms with Gasteiger partial charge in [0.2, 0.25) is 0 Å². The van der Waals surface area contributed by atoms with Crippen molar-refractivity contribution in [3.63, 3.8) is 0 Å². The summed E-state index contributed by atoms with van der Waals surface area (Å²) in [6.07, 6.45) is 0.984. The average molecular weight is 373 g/mol. The zero-order chi connectivity index (χ0) is 19.6. The molecule has 2 N–H and O–H groups in total. The second kappa shape index (κ2) is 10.3. The second-order valence-electron chi connectivity index (χ2n) is 6.79. The molecular weight excluding hydrogens is 344 g/mol. The number of hydrogen-bond acceptors (Lipinski definition) is 2. The molecule has 3 rings (SSSR count). The Morgan fingerprint density at radius 3 is 2.07 bits per heavy atom. The minimum absolute atomic E-state index is 0.353. The number of hydrogen-bond donors (Lipinski definition) is 2. The second-order valence-corrected chi connectivity index (χ2v) is 6.79. The van der Waals surface area contributed by atoms with Gasteiger partial charge >= 0.3 is 0 Å². The number of rotatable bonds is 7. The first-order valence-electron chi connectivity index (χ1n) is 9.73. The van der Waals surface area contributed by atoms with Gasteiger partial charge in [0, 0.05) is 25.2 Å². The summed E-state index contributed by atoms with van der Waals surface area (Å²) in [4.78, 5) is 8.86. The van der Waals surface area contributed by atoms with Crippen molar-refractivity contribution in [3.8, 4) is 0 Å². The Morgan fingerprint density at radius 1 is 0.857 bits per heavy atom. The molecule has 0 radical (unpaired) electrons. The molecule has 0 aliphatic heterocycles. The van der Waals surface area contributed by atoms with Gasteiger partial charge in [-0.25, -0.2) is 0 Å². The Balaban J connectivity index is 1.58. The Kier molecular flexibility index (Phi) is 7.19. The van der Waals surface area contributed by atoms with E-state index in [-0.39, 0.29) is 0 Å². The van der Waals surface area contributed by atoms with Crippen LogP contribution in [0.2, 0.25) is 0 Å². The number of nitrogens with zero attached hydrogens (tertiary/aromatic N) is 2. The monoisotopic (exact) mass is 372 g/mol. The Hall–Kier alpha value is -3.14. The minimum atomic E-state index is 0.353. The molecule has 2 aromatic carbocycles. The maximum atomic E-state index is 4.52. The van der Waals surface area contributed by atoms with Crippen molar-refractivity contribution >= 4 is 5.96 Å². The molecule has 0 fully saturated rings. The summed E-state index contributed by atoms with van der Waals surface area (Å²) in [6.45, 7) is 3.49. The number of nitrogens with one attached hydrogen (secondary N) is 2. The van der Waals surface area contributed by atoms with Gasteiger partial charge in [-0.15, -0.1) is 0 Å². The number of aryl methyl sites for hydroxylation is 1. The first-order valence-corrected chi connectivity index (χ1v) is 9.73. The third kappa shape index (κ3) is 5.68. The van der Waals surface area contributed by atoms with Crippen molar-refractivity contribution < 1.29 is 0 Å². The third-order valence-electron chi connectivity index (χ3n) is 4.74. The zero-order valence-electron chi connectivity index (χ0n) is 16.6. The molecule has 0 saturated carbocycles. The van der Waals surface area contributed by atoms with Crippen LogP contribution in [0.25, 0.3) is 0 Å².